The summed E-state index contributed by atoms with van der Waals surface area (Å²) >= 11 is 0. The van der Waals surface area contributed by atoms with Crippen LogP contribution in [-0.2, 0) is 0 Å². The second kappa shape index (κ2) is 4.65. The Hall–Kier alpha value is -1.09. The van der Waals surface area contributed by atoms with Gasteiger partial charge in [-0.15, -0.1) is 0 Å². The van der Waals surface area contributed by atoms with Crippen LogP contribution in [0.25, 0.3) is 0 Å². The van der Waals surface area contributed by atoms with E-state index in [1.54, 1.807) is 6.07 Å². The first-order valence-electron chi connectivity index (χ1n) is 6.21. The fourth-order valence-corrected chi connectivity index (χ4v) is 2.41. The lowest BCUT2D eigenvalue weighted by Gasteiger charge is -2.34. The molecule has 94 valence electrons. The molecule has 0 spiro atoms. The highest BCUT2D eigenvalue weighted by molar-refractivity contribution is 5.49. The molecule has 1 unspecified atom stereocenters. The number of halogens is 1. The Labute approximate surface area is 103 Å². The Bertz CT molecular complexity index is 390. The lowest BCUT2D eigenvalue weighted by Crippen LogP contribution is -2.40. The molecule has 1 aromatic carbocycles. The van der Waals surface area contributed by atoms with E-state index in [9.17, 15) is 4.39 Å². The van der Waals surface area contributed by atoms with Crippen molar-refractivity contribution in [2.45, 2.75) is 26.8 Å². The van der Waals surface area contributed by atoms with E-state index >= 15 is 0 Å². The van der Waals surface area contributed by atoms with Crippen molar-refractivity contribution >= 4 is 5.69 Å². The molecule has 17 heavy (non-hydrogen) atoms. The summed E-state index contributed by atoms with van der Waals surface area (Å²) in [7, 11) is 0. The Morgan fingerprint density at radius 3 is 2.76 bits per heavy atom. The van der Waals surface area contributed by atoms with Gasteiger partial charge in [-0.05, 0) is 24.5 Å². The summed E-state index contributed by atoms with van der Waals surface area (Å²) in [5, 5.41) is 3.44. The van der Waals surface area contributed by atoms with Crippen molar-refractivity contribution in [3.8, 4) is 0 Å². The second-order valence-corrected chi connectivity index (χ2v) is 5.72. The van der Waals surface area contributed by atoms with Crippen LogP contribution in [0.1, 0.15) is 20.8 Å². The SMILES string of the molecule is CC1CNCC(C)(C)CN1c1ccccc1F. The zero-order valence-electron chi connectivity index (χ0n) is 10.8. The molecule has 2 nitrogen and oxygen atoms in total. The molecule has 1 fully saturated rings. The van der Waals surface area contributed by atoms with Crippen molar-refractivity contribution < 1.29 is 4.39 Å². The van der Waals surface area contributed by atoms with Crippen LogP contribution in [0.15, 0.2) is 24.3 Å². The molecule has 0 bridgehead atoms. The van der Waals surface area contributed by atoms with Gasteiger partial charge in [0.05, 0.1) is 5.69 Å². The van der Waals surface area contributed by atoms with Gasteiger partial charge in [-0.1, -0.05) is 26.0 Å². The maximum Gasteiger partial charge on any atom is 0.146 e. The highest BCUT2D eigenvalue weighted by Gasteiger charge is 2.29. The number of benzene rings is 1. The van der Waals surface area contributed by atoms with Crippen molar-refractivity contribution in [1.29, 1.82) is 0 Å². The number of nitrogens with zero attached hydrogens (tertiary/aromatic N) is 1. The van der Waals surface area contributed by atoms with E-state index in [1.165, 1.54) is 6.07 Å². The standard InChI is InChI=1S/C14H21FN2/c1-11-8-16-9-14(2,3)10-17(11)13-7-5-4-6-12(13)15/h4-7,11,16H,8-10H2,1-3H3. The summed E-state index contributed by atoms with van der Waals surface area (Å²) in [4.78, 5) is 2.18. The average molecular weight is 236 g/mol. The van der Waals surface area contributed by atoms with Gasteiger partial charge in [0.1, 0.15) is 5.82 Å². The maximum atomic E-state index is 13.9. The number of hydrogen-bond donors (Lipinski definition) is 1. The molecule has 3 heteroatoms. The minimum absolute atomic E-state index is 0.128. The summed E-state index contributed by atoms with van der Waals surface area (Å²) in [6.07, 6.45) is 0. The van der Waals surface area contributed by atoms with E-state index in [4.69, 9.17) is 0 Å². The van der Waals surface area contributed by atoms with Crippen LogP contribution in [-0.4, -0.2) is 25.7 Å². The van der Waals surface area contributed by atoms with E-state index in [1.807, 2.05) is 12.1 Å². The Balaban J connectivity index is 2.31. The highest BCUT2D eigenvalue weighted by Crippen LogP contribution is 2.27. The largest absolute Gasteiger partial charge is 0.365 e. The molecule has 1 aliphatic heterocycles. The van der Waals surface area contributed by atoms with Gasteiger partial charge >= 0.3 is 0 Å². The zero-order valence-corrected chi connectivity index (χ0v) is 10.8. The highest BCUT2D eigenvalue weighted by atomic mass is 19.1. The molecule has 0 amide bonds. The van der Waals surface area contributed by atoms with E-state index in [-0.39, 0.29) is 11.2 Å². The quantitative estimate of drug-likeness (QED) is 0.806. The first kappa shape index (κ1) is 12.4. The van der Waals surface area contributed by atoms with Crippen LogP contribution >= 0.6 is 0 Å². The summed E-state index contributed by atoms with van der Waals surface area (Å²) in [5.74, 6) is -0.128. The predicted molar refractivity (Wildman–Crippen MR) is 69.9 cm³/mol. The maximum absolute atomic E-state index is 13.9. The van der Waals surface area contributed by atoms with Crippen LogP contribution in [0.5, 0.6) is 0 Å². The molecule has 1 atom stereocenters. The molecule has 1 heterocycles. The van der Waals surface area contributed by atoms with Gasteiger partial charge in [0.2, 0.25) is 0 Å². The average Bonchev–Trinajstić information content (AvgIpc) is 2.38. The van der Waals surface area contributed by atoms with E-state index in [2.05, 4.69) is 31.0 Å². The zero-order chi connectivity index (χ0) is 12.5. The molecular weight excluding hydrogens is 215 g/mol. The number of rotatable bonds is 1. The minimum Gasteiger partial charge on any atom is -0.365 e. The Morgan fingerprint density at radius 1 is 1.35 bits per heavy atom. The molecule has 2 rings (SSSR count). The monoisotopic (exact) mass is 236 g/mol. The molecular formula is C14H21FN2. The molecule has 0 aliphatic carbocycles. The van der Waals surface area contributed by atoms with Crippen molar-refractivity contribution in [1.82, 2.24) is 5.32 Å². The lowest BCUT2D eigenvalue weighted by molar-refractivity contribution is 0.368. The van der Waals surface area contributed by atoms with Gasteiger partial charge in [-0.2, -0.15) is 0 Å². The van der Waals surface area contributed by atoms with Gasteiger partial charge < -0.3 is 10.2 Å². The third kappa shape index (κ3) is 2.78. The molecule has 1 aromatic rings. The molecule has 1 aliphatic rings. The molecule has 0 aromatic heterocycles. The minimum atomic E-state index is -0.128. The van der Waals surface area contributed by atoms with Gasteiger partial charge in [-0.3, -0.25) is 0 Å². The predicted octanol–water partition coefficient (Wildman–Crippen LogP) is 2.65. The van der Waals surface area contributed by atoms with Crippen LogP contribution in [0.4, 0.5) is 10.1 Å². The number of nitrogens with one attached hydrogen (secondary N) is 1. The smallest absolute Gasteiger partial charge is 0.146 e. The van der Waals surface area contributed by atoms with Gasteiger partial charge in [0.15, 0.2) is 0 Å². The van der Waals surface area contributed by atoms with E-state index < -0.39 is 0 Å². The van der Waals surface area contributed by atoms with Gasteiger partial charge in [0.25, 0.3) is 0 Å². The number of para-hydroxylation sites is 1. The lowest BCUT2D eigenvalue weighted by atomic mass is 9.93. The summed E-state index contributed by atoms with van der Waals surface area (Å²) in [6, 6.07) is 7.36. The van der Waals surface area contributed by atoms with Gasteiger partial charge in [-0.25, -0.2) is 4.39 Å². The van der Waals surface area contributed by atoms with Crippen LogP contribution < -0.4 is 10.2 Å². The fourth-order valence-electron chi connectivity index (χ4n) is 2.41. The molecule has 1 N–H and O–H groups in total. The first-order valence-corrected chi connectivity index (χ1v) is 6.21. The number of hydrogen-bond acceptors (Lipinski definition) is 2. The van der Waals surface area contributed by atoms with Crippen molar-refractivity contribution in [3.05, 3.63) is 30.1 Å². The van der Waals surface area contributed by atoms with Crippen molar-refractivity contribution in [3.63, 3.8) is 0 Å². The third-order valence-corrected chi connectivity index (χ3v) is 3.34. The Morgan fingerprint density at radius 2 is 2.06 bits per heavy atom. The van der Waals surface area contributed by atoms with Crippen molar-refractivity contribution in [2.75, 3.05) is 24.5 Å². The van der Waals surface area contributed by atoms with Crippen LogP contribution in [0.2, 0.25) is 0 Å². The fraction of sp³-hybridized carbons (Fsp3) is 0.571. The molecule has 0 saturated carbocycles. The summed E-state index contributed by atoms with van der Waals surface area (Å²) in [5.41, 5.74) is 0.879. The first-order chi connectivity index (χ1) is 7.99. The topological polar surface area (TPSA) is 15.3 Å². The molecule has 1 saturated heterocycles. The van der Waals surface area contributed by atoms with E-state index in [0.29, 0.717) is 6.04 Å². The van der Waals surface area contributed by atoms with Crippen LogP contribution in [0.3, 0.4) is 0 Å². The van der Waals surface area contributed by atoms with Crippen molar-refractivity contribution in [2.24, 2.45) is 5.41 Å². The summed E-state index contributed by atoms with van der Waals surface area (Å²) in [6.45, 7) is 9.32. The third-order valence-electron chi connectivity index (χ3n) is 3.34. The second-order valence-electron chi connectivity index (χ2n) is 5.72. The normalized spacial score (nSPS) is 24.5. The van der Waals surface area contributed by atoms with Gasteiger partial charge in [0, 0.05) is 25.7 Å². The van der Waals surface area contributed by atoms with E-state index in [0.717, 1.165) is 25.3 Å². The summed E-state index contributed by atoms with van der Waals surface area (Å²) < 4.78 is 13.9. The molecule has 0 radical (unpaired) electrons. The number of anilines is 1. The Kier molecular flexibility index (Phi) is 3.38. The van der Waals surface area contributed by atoms with Crippen LogP contribution in [0, 0.1) is 11.2 Å².